The summed E-state index contributed by atoms with van der Waals surface area (Å²) in [4.78, 5) is 0. The third-order valence-corrected chi connectivity index (χ3v) is 3.71. The first-order valence-corrected chi connectivity index (χ1v) is 8.82. The summed E-state index contributed by atoms with van der Waals surface area (Å²) < 4.78 is 16.3. The molecule has 0 saturated carbocycles. The van der Waals surface area contributed by atoms with Gasteiger partial charge in [-0.1, -0.05) is 13.3 Å². The van der Waals surface area contributed by atoms with Crippen LogP contribution in [0.3, 0.4) is 0 Å². The molecule has 0 aliphatic heterocycles. The second-order valence-corrected chi connectivity index (χ2v) is 5.60. The number of ether oxygens (including phenoxy) is 3. The van der Waals surface area contributed by atoms with Crippen molar-refractivity contribution in [2.75, 3.05) is 52.7 Å². The van der Waals surface area contributed by atoms with Crippen molar-refractivity contribution in [2.45, 2.75) is 26.2 Å². The minimum absolute atomic E-state index is 0.645. The van der Waals surface area contributed by atoms with Crippen LogP contribution in [0, 0.1) is 0 Å². The van der Waals surface area contributed by atoms with Gasteiger partial charge in [-0.05, 0) is 41.8 Å². The van der Waals surface area contributed by atoms with Gasteiger partial charge in [0.05, 0.1) is 33.0 Å². The minimum Gasteiger partial charge on any atom is -0.379 e. The molecule has 0 fully saturated rings. The Kier molecular flexibility index (Phi) is 12.8. The zero-order valence-electron chi connectivity index (χ0n) is 13.1. The maximum absolute atomic E-state index is 5.49. The lowest BCUT2D eigenvalue weighted by Gasteiger charge is -2.07. The van der Waals surface area contributed by atoms with Crippen molar-refractivity contribution < 1.29 is 14.2 Å². The standard InChI is InChI=1S/C16H29NO3S/c1-2-3-8-18-10-12-20-13-11-19-9-7-17-6-4-16-5-14-21-15-16/h5,14-15,17H,2-4,6-13H2,1H3. The van der Waals surface area contributed by atoms with Crippen molar-refractivity contribution >= 4 is 11.3 Å². The normalized spacial score (nSPS) is 11.1. The van der Waals surface area contributed by atoms with Crippen LogP contribution in [0.1, 0.15) is 25.3 Å². The summed E-state index contributed by atoms with van der Waals surface area (Å²) in [5.74, 6) is 0. The second-order valence-electron chi connectivity index (χ2n) is 4.82. The molecule has 5 heteroatoms. The molecule has 1 N–H and O–H groups in total. The fourth-order valence-corrected chi connectivity index (χ4v) is 2.43. The molecule has 0 saturated heterocycles. The van der Waals surface area contributed by atoms with Gasteiger partial charge in [0.2, 0.25) is 0 Å². The summed E-state index contributed by atoms with van der Waals surface area (Å²) in [5.41, 5.74) is 1.41. The van der Waals surface area contributed by atoms with Crippen LogP contribution in [0.2, 0.25) is 0 Å². The van der Waals surface area contributed by atoms with Crippen molar-refractivity contribution in [3.8, 4) is 0 Å². The molecule has 4 nitrogen and oxygen atoms in total. The van der Waals surface area contributed by atoms with Gasteiger partial charge in [0.15, 0.2) is 0 Å². The van der Waals surface area contributed by atoms with Crippen molar-refractivity contribution in [3.63, 3.8) is 0 Å². The van der Waals surface area contributed by atoms with E-state index in [1.54, 1.807) is 11.3 Å². The highest BCUT2D eigenvalue weighted by Crippen LogP contribution is 2.05. The van der Waals surface area contributed by atoms with E-state index in [-0.39, 0.29) is 0 Å². The summed E-state index contributed by atoms with van der Waals surface area (Å²) >= 11 is 1.75. The highest BCUT2D eigenvalue weighted by Gasteiger charge is 1.94. The number of thiophene rings is 1. The molecule has 0 amide bonds. The summed E-state index contributed by atoms with van der Waals surface area (Å²) in [6.45, 7) is 8.28. The first-order chi connectivity index (χ1) is 10.4. The van der Waals surface area contributed by atoms with Crippen LogP contribution in [0.25, 0.3) is 0 Å². The number of unbranched alkanes of at least 4 members (excludes halogenated alkanes) is 1. The molecule has 0 aliphatic rings. The number of hydrogen-bond donors (Lipinski definition) is 1. The summed E-state index contributed by atoms with van der Waals surface area (Å²) in [5, 5.41) is 7.69. The van der Waals surface area contributed by atoms with E-state index in [9.17, 15) is 0 Å². The van der Waals surface area contributed by atoms with Crippen LogP contribution in [0.4, 0.5) is 0 Å². The largest absolute Gasteiger partial charge is 0.379 e. The number of nitrogens with one attached hydrogen (secondary N) is 1. The van der Waals surface area contributed by atoms with Crippen LogP contribution in [0.5, 0.6) is 0 Å². The fraction of sp³-hybridized carbons (Fsp3) is 0.750. The zero-order chi connectivity index (χ0) is 15.0. The Balaban J connectivity index is 1.69. The molecule has 1 aromatic rings. The maximum atomic E-state index is 5.49. The predicted octanol–water partition coefficient (Wildman–Crippen LogP) is 2.73. The Morgan fingerprint density at radius 3 is 2.33 bits per heavy atom. The number of hydrogen-bond acceptors (Lipinski definition) is 5. The predicted molar refractivity (Wildman–Crippen MR) is 88.3 cm³/mol. The molecule has 1 rings (SSSR count). The summed E-state index contributed by atoms with van der Waals surface area (Å²) in [6.07, 6.45) is 3.39. The lowest BCUT2D eigenvalue weighted by molar-refractivity contribution is 0.0147. The smallest absolute Gasteiger partial charge is 0.0701 e. The van der Waals surface area contributed by atoms with E-state index in [1.165, 1.54) is 12.0 Å². The van der Waals surface area contributed by atoms with Gasteiger partial charge in [-0.15, -0.1) is 0 Å². The van der Waals surface area contributed by atoms with Crippen LogP contribution in [-0.2, 0) is 20.6 Å². The molecule has 21 heavy (non-hydrogen) atoms. The minimum atomic E-state index is 0.645. The molecule has 0 radical (unpaired) electrons. The van der Waals surface area contributed by atoms with Crippen LogP contribution < -0.4 is 5.32 Å². The van der Waals surface area contributed by atoms with E-state index in [2.05, 4.69) is 29.1 Å². The molecular weight excluding hydrogens is 286 g/mol. The Morgan fingerprint density at radius 2 is 1.67 bits per heavy atom. The third kappa shape index (κ3) is 11.8. The Morgan fingerprint density at radius 1 is 0.952 bits per heavy atom. The molecule has 1 aromatic heterocycles. The van der Waals surface area contributed by atoms with Crippen LogP contribution >= 0.6 is 11.3 Å². The van der Waals surface area contributed by atoms with E-state index in [0.717, 1.165) is 39.1 Å². The Hall–Kier alpha value is -0.460. The van der Waals surface area contributed by atoms with E-state index >= 15 is 0 Å². The van der Waals surface area contributed by atoms with Gasteiger partial charge in [-0.25, -0.2) is 0 Å². The van der Waals surface area contributed by atoms with Crippen molar-refractivity contribution in [1.82, 2.24) is 5.32 Å². The second kappa shape index (κ2) is 14.5. The monoisotopic (exact) mass is 315 g/mol. The van der Waals surface area contributed by atoms with E-state index in [4.69, 9.17) is 14.2 Å². The van der Waals surface area contributed by atoms with Gasteiger partial charge in [0.25, 0.3) is 0 Å². The molecule has 0 spiro atoms. The topological polar surface area (TPSA) is 39.7 Å². The lowest BCUT2D eigenvalue weighted by Crippen LogP contribution is -2.23. The lowest BCUT2D eigenvalue weighted by atomic mass is 10.2. The molecule has 0 atom stereocenters. The molecule has 0 bridgehead atoms. The molecule has 0 unspecified atom stereocenters. The van der Waals surface area contributed by atoms with Crippen LogP contribution in [-0.4, -0.2) is 52.7 Å². The van der Waals surface area contributed by atoms with Gasteiger partial charge in [0, 0.05) is 13.2 Å². The molecule has 122 valence electrons. The molecule has 0 aliphatic carbocycles. The molecular formula is C16H29NO3S. The van der Waals surface area contributed by atoms with Gasteiger partial charge in [-0.3, -0.25) is 0 Å². The summed E-state index contributed by atoms with van der Waals surface area (Å²) in [7, 11) is 0. The van der Waals surface area contributed by atoms with Crippen LogP contribution in [0.15, 0.2) is 16.8 Å². The third-order valence-electron chi connectivity index (χ3n) is 2.98. The number of rotatable bonds is 15. The summed E-state index contributed by atoms with van der Waals surface area (Å²) in [6, 6.07) is 2.17. The molecule has 1 heterocycles. The van der Waals surface area contributed by atoms with E-state index in [1.807, 2.05) is 0 Å². The van der Waals surface area contributed by atoms with Crippen molar-refractivity contribution in [2.24, 2.45) is 0 Å². The average Bonchev–Trinajstić information content (AvgIpc) is 3.01. The van der Waals surface area contributed by atoms with E-state index < -0.39 is 0 Å². The van der Waals surface area contributed by atoms with Gasteiger partial charge in [-0.2, -0.15) is 11.3 Å². The van der Waals surface area contributed by atoms with Gasteiger partial charge >= 0.3 is 0 Å². The fourth-order valence-electron chi connectivity index (χ4n) is 1.73. The highest BCUT2D eigenvalue weighted by molar-refractivity contribution is 7.07. The highest BCUT2D eigenvalue weighted by atomic mass is 32.1. The molecule has 0 aromatic carbocycles. The quantitative estimate of drug-likeness (QED) is 0.505. The maximum Gasteiger partial charge on any atom is 0.0701 e. The van der Waals surface area contributed by atoms with Gasteiger partial charge in [0.1, 0.15) is 0 Å². The van der Waals surface area contributed by atoms with Gasteiger partial charge < -0.3 is 19.5 Å². The Labute approximate surface area is 132 Å². The average molecular weight is 315 g/mol. The first kappa shape index (κ1) is 18.6. The zero-order valence-corrected chi connectivity index (χ0v) is 14.0. The SMILES string of the molecule is CCCCOCCOCCOCCNCCc1ccsc1. The van der Waals surface area contributed by atoms with Crippen molar-refractivity contribution in [1.29, 1.82) is 0 Å². The first-order valence-electron chi connectivity index (χ1n) is 7.88. The van der Waals surface area contributed by atoms with E-state index in [0.29, 0.717) is 26.4 Å². The Bertz CT molecular complexity index is 306. The van der Waals surface area contributed by atoms with Crippen molar-refractivity contribution in [3.05, 3.63) is 22.4 Å².